The topological polar surface area (TPSA) is 36.9 Å². The van der Waals surface area contributed by atoms with Crippen LogP contribution in [0.1, 0.15) is 41.5 Å². The van der Waals surface area contributed by atoms with Crippen molar-refractivity contribution in [1.29, 1.82) is 0 Å². The zero-order valence-corrected chi connectivity index (χ0v) is 16.4. The van der Waals surface area contributed by atoms with Crippen molar-refractivity contribution in [3.63, 3.8) is 0 Å². The summed E-state index contributed by atoms with van der Waals surface area (Å²) in [5, 5.41) is 0.197. The second-order valence-electron chi connectivity index (χ2n) is 8.59. The minimum absolute atomic E-state index is 0.0235. The standard InChI is InChI=1S/C17H32O4Si/c1-11(10-18-22(8,9)16(3,4)5)13-12(2)14-15(19-13)21-17(6,7)20-14/h12-15H,1,10H2,2-9H3/t12-,13-,14-,15-/m1/s1. The summed E-state index contributed by atoms with van der Waals surface area (Å²) in [6.45, 7) is 22.0. The van der Waals surface area contributed by atoms with Crippen molar-refractivity contribution >= 4 is 8.32 Å². The van der Waals surface area contributed by atoms with Gasteiger partial charge in [-0.2, -0.15) is 0 Å². The Morgan fingerprint density at radius 2 is 1.82 bits per heavy atom. The molecule has 0 spiro atoms. The summed E-state index contributed by atoms with van der Waals surface area (Å²) < 4.78 is 24.0. The number of ether oxygens (including phenoxy) is 3. The molecule has 22 heavy (non-hydrogen) atoms. The lowest BCUT2D eigenvalue weighted by molar-refractivity contribution is -0.205. The van der Waals surface area contributed by atoms with E-state index < -0.39 is 14.1 Å². The van der Waals surface area contributed by atoms with E-state index in [4.69, 9.17) is 18.6 Å². The van der Waals surface area contributed by atoms with Crippen molar-refractivity contribution in [2.75, 3.05) is 6.61 Å². The molecule has 2 rings (SSSR count). The monoisotopic (exact) mass is 328 g/mol. The lowest BCUT2D eigenvalue weighted by Crippen LogP contribution is -2.42. The lowest BCUT2D eigenvalue weighted by atomic mass is 9.96. The van der Waals surface area contributed by atoms with Crippen molar-refractivity contribution in [3.8, 4) is 0 Å². The first-order valence-corrected chi connectivity index (χ1v) is 11.1. The molecule has 0 aliphatic carbocycles. The molecule has 0 N–H and O–H groups in total. The molecule has 0 unspecified atom stereocenters. The highest BCUT2D eigenvalue weighted by atomic mass is 28.4. The Balaban J connectivity index is 1.93. The van der Waals surface area contributed by atoms with Gasteiger partial charge in [0.25, 0.3) is 0 Å². The molecule has 0 aromatic rings. The van der Waals surface area contributed by atoms with E-state index in [9.17, 15) is 0 Å². The zero-order chi connectivity index (χ0) is 16.9. The minimum atomic E-state index is -1.77. The molecule has 0 aromatic carbocycles. The van der Waals surface area contributed by atoms with Gasteiger partial charge < -0.3 is 18.6 Å². The van der Waals surface area contributed by atoms with Crippen LogP contribution in [-0.4, -0.2) is 39.2 Å². The van der Waals surface area contributed by atoms with E-state index in [1.54, 1.807) is 0 Å². The maximum Gasteiger partial charge on any atom is 0.192 e. The molecule has 128 valence electrons. The van der Waals surface area contributed by atoms with E-state index in [1.807, 2.05) is 13.8 Å². The average Bonchev–Trinajstić information content (AvgIpc) is 2.79. The van der Waals surface area contributed by atoms with E-state index in [1.165, 1.54) is 0 Å². The Morgan fingerprint density at radius 1 is 1.23 bits per heavy atom. The van der Waals surface area contributed by atoms with E-state index in [0.717, 1.165) is 5.57 Å². The molecule has 2 heterocycles. The molecular weight excluding hydrogens is 296 g/mol. The maximum absolute atomic E-state index is 6.26. The third kappa shape index (κ3) is 3.49. The van der Waals surface area contributed by atoms with Crippen LogP contribution in [0.3, 0.4) is 0 Å². The van der Waals surface area contributed by atoms with Crippen LogP contribution in [0.2, 0.25) is 18.1 Å². The van der Waals surface area contributed by atoms with Crippen molar-refractivity contribution < 1.29 is 18.6 Å². The molecule has 0 amide bonds. The highest BCUT2D eigenvalue weighted by Gasteiger charge is 2.53. The van der Waals surface area contributed by atoms with Gasteiger partial charge in [0.2, 0.25) is 0 Å². The average molecular weight is 329 g/mol. The van der Waals surface area contributed by atoms with Gasteiger partial charge in [0.05, 0.1) is 12.7 Å². The number of hydrogen-bond acceptors (Lipinski definition) is 4. The van der Waals surface area contributed by atoms with E-state index in [2.05, 4.69) is 47.4 Å². The molecule has 0 saturated carbocycles. The van der Waals surface area contributed by atoms with Crippen LogP contribution < -0.4 is 0 Å². The van der Waals surface area contributed by atoms with Crippen LogP contribution in [0.4, 0.5) is 0 Å². The van der Waals surface area contributed by atoms with Crippen molar-refractivity contribution in [3.05, 3.63) is 12.2 Å². The molecule has 2 aliphatic heterocycles. The van der Waals surface area contributed by atoms with E-state index in [0.29, 0.717) is 6.61 Å². The third-order valence-corrected chi connectivity index (χ3v) is 9.67. The Hall–Kier alpha value is -0.203. The largest absolute Gasteiger partial charge is 0.413 e. The highest BCUT2D eigenvalue weighted by Crippen LogP contribution is 2.43. The first-order chi connectivity index (χ1) is 9.84. The summed E-state index contributed by atoms with van der Waals surface area (Å²) in [5.41, 5.74) is 0.983. The summed E-state index contributed by atoms with van der Waals surface area (Å²) in [6.07, 6.45) is -0.375. The van der Waals surface area contributed by atoms with Crippen LogP contribution in [0, 0.1) is 5.92 Å². The van der Waals surface area contributed by atoms with Gasteiger partial charge in [-0.1, -0.05) is 34.3 Å². The van der Waals surface area contributed by atoms with Gasteiger partial charge >= 0.3 is 0 Å². The predicted octanol–water partition coefficient (Wildman–Crippen LogP) is 4.08. The zero-order valence-electron chi connectivity index (χ0n) is 15.4. The second-order valence-corrected chi connectivity index (χ2v) is 13.4. The molecule has 2 fully saturated rings. The van der Waals surface area contributed by atoms with Crippen molar-refractivity contribution in [2.45, 2.75) is 84.0 Å². The van der Waals surface area contributed by atoms with Gasteiger partial charge in [-0.25, -0.2) is 0 Å². The highest BCUT2D eigenvalue weighted by molar-refractivity contribution is 6.74. The summed E-state index contributed by atoms with van der Waals surface area (Å²) >= 11 is 0. The van der Waals surface area contributed by atoms with Crippen LogP contribution in [0.25, 0.3) is 0 Å². The molecule has 5 heteroatoms. The van der Waals surface area contributed by atoms with Crippen molar-refractivity contribution in [1.82, 2.24) is 0 Å². The number of fused-ring (bicyclic) bond motifs is 1. The maximum atomic E-state index is 6.26. The minimum Gasteiger partial charge on any atom is -0.413 e. The Labute approximate surface area is 136 Å². The number of hydrogen-bond donors (Lipinski definition) is 0. The van der Waals surface area contributed by atoms with Gasteiger partial charge in [0, 0.05) is 5.92 Å². The summed E-state index contributed by atoms with van der Waals surface area (Å²) in [7, 11) is -1.77. The summed E-state index contributed by atoms with van der Waals surface area (Å²) in [5.74, 6) is -0.338. The van der Waals surface area contributed by atoms with Gasteiger partial charge in [-0.05, 0) is 37.6 Å². The fourth-order valence-corrected chi connectivity index (χ4v) is 3.68. The smallest absolute Gasteiger partial charge is 0.192 e. The van der Waals surface area contributed by atoms with Crippen LogP contribution in [-0.2, 0) is 18.6 Å². The molecule has 4 nitrogen and oxygen atoms in total. The SMILES string of the molecule is C=C(CO[Si](C)(C)C(C)(C)C)[C@H]1O[C@@H]2OC(C)(C)O[C@@H]2[C@@H]1C. The van der Waals surface area contributed by atoms with Gasteiger partial charge in [-0.3, -0.25) is 0 Å². The summed E-state index contributed by atoms with van der Waals surface area (Å²) in [6, 6.07) is 0. The van der Waals surface area contributed by atoms with Crippen molar-refractivity contribution in [2.24, 2.45) is 5.92 Å². The summed E-state index contributed by atoms with van der Waals surface area (Å²) in [4.78, 5) is 0. The lowest BCUT2D eigenvalue weighted by Gasteiger charge is -2.37. The molecule has 0 bridgehead atoms. The molecule has 2 saturated heterocycles. The Bertz CT molecular complexity index is 438. The first-order valence-electron chi connectivity index (χ1n) is 8.17. The number of rotatable bonds is 4. The Morgan fingerprint density at radius 3 is 2.32 bits per heavy atom. The fourth-order valence-electron chi connectivity index (χ4n) is 2.70. The van der Waals surface area contributed by atoms with Crippen LogP contribution >= 0.6 is 0 Å². The first kappa shape index (κ1) is 18.1. The second kappa shape index (κ2) is 5.71. The fraction of sp³-hybridized carbons (Fsp3) is 0.882. The van der Waals surface area contributed by atoms with Gasteiger partial charge in [-0.15, -0.1) is 0 Å². The molecule has 0 radical (unpaired) electrons. The van der Waals surface area contributed by atoms with Gasteiger partial charge in [0.15, 0.2) is 20.4 Å². The van der Waals surface area contributed by atoms with E-state index >= 15 is 0 Å². The van der Waals surface area contributed by atoms with Gasteiger partial charge in [0.1, 0.15) is 6.10 Å². The van der Waals surface area contributed by atoms with Crippen LogP contribution in [0.5, 0.6) is 0 Å². The molecule has 2 aliphatic rings. The van der Waals surface area contributed by atoms with E-state index in [-0.39, 0.29) is 29.5 Å². The quantitative estimate of drug-likeness (QED) is 0.576. The Kier molecular flexibility index (Phi) is 4.70. The normalized spacial score (nSPS) is 34.7. The molecular formula is C17H32O4Si. The van der Waals surface area contributed by atoms with Crippen LogP contribution in [0.15, 0.2) is 12.2 Å². The third-order valence-electron chi connectivity index (χ3n) is 5.19. The molecule has 0 aromatic heterocycles. The molecule has 4 atom stereocenters. The predicted molar refractivity (Wildman–Crippen MR) is 90.2 cm³/mol.